The summed E-state index contributed by atoms with van der Waals surface area (Å²) < 4.78 is 0.985. The molecular weight excluding hydrogens is 418 g/mol. The van der Waals surface area contributed by atoms with Crippen LogP contribution in [0.15, 0.2) is 59.1 Å². The van der Waals surface area contributed by atoms with Crippen LogP contribution >= 0.6 is 15.9 Å². The van der Waals surface area contributed by atoms with E-state index >= 15 is 0 Å². The van der Waals surface area contributed by atoms with Crippen molar-refractivity contribution in [2.75, 3.05) is 18.4 Å². The number of halogens is 1. The molecule has 0 saturated heterocycles. The van der Waals surface area contributed by atoms with E-state index in [1.165, 1.54) is 0 Å². The van der Waals surface area contributed by atoms with Gasteiger partial charge in [-0.05, 0) is 54.8 Å². The monoisotopic (exact) mass is 435 g/mol. The number of amides is 2. The van der Waals surface area contributed by atoms with Crippen molar-refractivity contribution in [2.24, 2.45) is 0 Å². The number of nitrogens with zero attached hydrogens (tertiary/aromatic N) is 2. The summed E-state index contributed by atoms with van der Waals surface area (Å²) in [6, 6.07) is 17.3. The molecule has 2 amide bonds. The number of carbonyl (C=O) groups is 2. The van der Waals surface area contributed by atoms with Crippen LogP contribution in [0.3, 0.4) is 0 Å². The number of aromatic nitrogens is 1. The molecule has 28 heavy (non-hydrogen) atoms. The van der Waals surface area contributed by atoms with Crippen molar-refractivity contribution in [1.29, 1.82) is 0 Å². The van der Waals surface area contributed by atoms with Gasteiger partial charge in [-0.25, -0.2) is 4.98 Å². The Bertz CT molecular complexity index is 1120. The predicted molar refractivity (Wildman–Crippen MR) is 111 cm³/mol. The largest absolute Gasteiger partial charge is 0.328 e. The molecule has 1 fully saturated rings. The van der Waals surface area contributed by atoms with Crippen molar-refractivity contribution in [3.8, 4) is 0 Å². The summed E-state index contributed by atoms with van der Waals surface area (Å²) in [5.74, 6) is 0.188. The molecule has 0 radical (unpaired) electrons. The Morgan fingerprint density at radius 3 is 2.79 bits per heavy atom. The summed E-state index contributed by atoms with van der Waals surface area (Å²) in [5.41, 5.74) is 2.66. The summed E-state index contributed by atoms with van der Waals surface area (Å²) in [5, 5.41) is 3.85. The zero-order chi connectivity index (χ0) is 19.3. The van der Waals surface area contributed by atoms with E-state index in [1.807, 2.05) is 42.5 Å². The highest BCUT2D eigenvalue weighted by molar-refractivity contribution is 9.10. The van der Waals surface area contributed by atoms with E-state index in [1.54, 1.807) is 11.0 Å². The number of benzene rings is 2. The molecule has 140 valence electrons. The molecule has 1 saturated carbocycles. The van der Waals surface area contributed by atoms with E-state index in [-0.39, 0.29) is 23.8 Å². The van der Waals surface area contributed by atoms with Crippen LogP contribution in [0.5, 0.6) is 0 Å². The summed E-state index contributed by atoms with van der Waals surface area (Å²) in [6.45, 7) is 0.623. The number of nitrogens with one attached hydrogen (secondary N) is 1. The lowest BCUT2D eigenvalue weighted by Gasteiger charge is -2.34. The molecule has 1 aliphatic carbocycles. The lowest BCUT2D eigenvalue weighted by atomic mass is 9.86. The fourth-order valence-corrected chi connectivity index (χ4v) is 4.39. The molecule has 1 aliphatic heterocycles. The first-order valence-corrected chi connectivity index (χ1v) is 10.1. The quantitative estimate of drug-likeness (QED) is 0.672. The summed E-state index contributed by atoms with van der Waals surface area (Å²) >= 11 is 3.50. The average Bonchev–Trinajstić information content (AvgIpc) is 3.46. The second-order valence-corrected chi connectivity index (χ2v) is 8.48. The van der Waals surface area contributed by atoms with E-state index in [0.717, 1.165) is 33.8 Å². The number of para-hydroxylation sites is 1. The third-order valence-electron chi connectivity index (χ3n) is 5.62. The van der Waals surface area contributed by atoms with Gasteiger partial charge in [0.05, 0.1) is 5.52 Å². The zero-order valence-corrected chi connectivity index (χ0v) is 16.7. The molecule has 0 unspecified atom stereocenters. The first kappa shape index (κ1) is 17.4. The topological polar surface area (TPSA) is 62.3 Å². The number of rotatable bonds is 3. The van der Waals surface area contributed by atoms with Gasteiger partial charge in [0.25, 0.3) is 5.91 Å². The second-order valence-electron chi connectivity index (χ2n) is 7.57. The van der Waals surface area contributed by atoms with Gasteiger partial charge < -0.3 is 10.2 Å². The van der Waals surface area contributed by atoms with Gasteiger partial charge in [0.2, 0.25) is 5.91 Å². The molecule has 0 atom stereocenters. The molecular formula is C22H18BrN3O2. The van der Waals surface area contributed by atoms with Crippen LogP contribution in [0.25, 0.3) is 10.9 Å². The van der Waals surface area contributed by atoms with Crippen LogP contribution < -0.4 is 5.32 Å². The van der Waals surface area contributed by atoms with E-state index in [0.29, 0.717) is 17.9 Å². The van der Waals surface area contributed by atoms with Gasteiger partial charge in [0, 0.05) is 27.4 Å². The maximum Gasteiger partial charge on any atom is 0.254 e. The van der Waals surface area contributed by atoms with Crippen molar-refractivity contribution in [3.05, 3.63) is 70.2 Å². The molecule has 1 spiro atoms. The number of carbonyl (C=O) groups excluding carboxylic acids is 2. The molecule has 2 heterocycles. The maximum atomic E-state index is 12.9. The van der Waals surface area contributed by atoms with Crippen LogP contribution in [0.4, 0.5) is 5.82 Å². The summed E-state index contributed by atoms with van der Waals surface area (Å²) in [7, 11) is 0. The van der Waals surface area contributed by atoms with Gasteiger partial charge in [-0.1, -0.05) is 34.1 Å². The summed E-state index contributed by atoms with van der Waals surface area (Å²) in [4.78, 5) is 31.7. The Labute approximate surface area is 170 Å². The molecule has 2 aliphatic rings. The number of hydrogen-bond donors (Lipinski definition) is 1. The minimum absolute atomic E-state index is 0.00844. The number of pyridine rings is 1. The van der Waals surface area contributed by atoms with E-state index in [2.05, 4.69) is 32.3 Å². The van der Waals surface area contributed by atoms with Crippen molar-refractivity contribution in [2.45, 2.75) is 18.3 Å². The first-order chi connectivity index (χ1) is 13.5. The van der Waals surface area contributed by atoms with Crippen LogP contribution in [0.2, 0.25) is 0 Å². The molecule has 0 bridgehead atoms. The Hall–Kier alpha value is -2.73. The normalized spacial score (nSPS) is 16.9. The SMILES string of the molecule is O=C(CN1CC2(CC2)c2cc(Br)ccc2C1=O)Nc1ccc2ccccc2n1. The van der Waals surface area contributed by atoms with Crippen LogP contribution in [0.1, 0.15) is 28.8 Å². The highest BCUT2D eigenvalue weighted by atomic mass is 79.9. The van der Waals surface area contributed by atoms with Crippen LogP contribution in [0, 0.1) is 0 Å². The number of fused-ring (bicyclic) bond motifs is 3. The Morgan fingerprint density at radius 1 is 1.14 bits per heavy atom. The minimum atomic E-state index is -0.229. The van der Waals surface area contributed by atoms with E-state index < -0.39 is 0 Å². The molecule has 6 heteroatoms. The lowest BCUT2D eigenvalue weighted by Crippen LogP contribution is -2.46. The van der Waals surface area contributed by atoms with Gasteiger partial charge in [-0.2, -0.15) is 0 Å². The molecule has 1 aromatic heterocycles. The Kier molecular flexibility index (Phi) is 3.98. The van der Waals surface area contributed by atoms with Gasteiger partial charge in [0.15, 0.2) is 0 Å². The third kappa shape index (κ3) is 2.98. The molecule has 3 aromatic rings. The Morgan fingerprint density at radius 2 is 1.96 bits per heavy atom. The van der Waals surface area contributed by atoms with Crippen molar-refractivity contribution >= 4 is 44.5 Å². The van der Waals surface area contributed by atoms with Gasteiger partial charge in [0.1, 0.15) is 12.4 Å². The van der Waals surface area contributed by atoms with E-state index in [9.17, 15) is 9.59 Å². The van der Waals surface area contributed by atoms with Crippen LogP contribution in [-0.4, -0.2) is 34.8 Å². The molecule has 5 rings (SSSR count). The predicted octanol–water partition coefficient (Wildman–Crippen LogP) is 4.12. The average molecular weight is 436 g/mol. The Balaban J connectivity index is 1.35. The fourth-order valence-electron chi connectivity index (χ4n) is 4.03. The van der Waals surface area contributed by atoms with Crippen LogP contribution in [-0.2, 0) is 10.2 Å². The first-order valence-electron chi connectivity index (χ1n) is 9.29. The van der Waals surface area contributed by atoms with Crippen molar-refractivity contribution < 1.29 is 9.59 Å². The van der Waals surface area contributed by atoms with Gasteiger partial charge in [-0.3, -0.25) is 9.59 Å². The van der Waals surface area contributed by atoms with Gasteiger partial charge >= 0.3 is 0 Å². The maximum absolute atomic E-state index is 12.9. The summed E-state index contributed by atoms with van der Waals surface area (Å²) in [6.07, 6.45) is 2.10. The van der Waals surface area contributed by atoms with Gasteiger partial charge in [-0.15, -0.1) is 0 Å². The smallest absolute Gasteiger partial charge is 0.254 e. The number of anilines is 1. The lowest BCUT2D eigenvalue weighted by molar-refractivity contribution is -0.117. The van der Waals surface area contributed by atoms with Crippen molar-refractivity contribution in [1.82, 2.24) is 9.88 Å². The molecule has 5 nitrogen and oxygen atoms in total. The highest BCUT2D eigenvalue weighted by Crippen LogP contribution is 2.52. The van der Waals surface area contributed by atoms with Crippen molar-refractivity contribution in [3.63, 3.8) is 0 Å². The zero-order valence-electron chi connectivity index (χ0n) is 15.1. The standard InChI is InChI=1S/C22H18BrN3O2/c23-15-6-7-16-17(11-15)22(9-10-22)13-26(21(16)28)12-20(27)25-19-8-5-14-3-1-2-4-18(14)24-19/h1-8,11H,9-10,12-13H2,(H,24,25,27). The third-order valence-corrected chi connectivity index (χ3v) is 6.11. The highest BCUT2D eigenvalue weighted by Gasteiger charge is 2.51. The molecule has 2 aromatic carbocycles. The fraction of sp³-hybridized carbons (Fsp3) is 0.227. The number of hydrogen-bond acceptors (Lipinski definition) is 3. The molecule has 1 N–H and O–H groups in total. The van der Waals surface area contributed by atoms with E-state index in [4.69, 9.17) is 0 Å². The minimum Gasteiger partial charge on any atom is -0.328 e. The second kappa shape index (κ2) is 6.41.